The number of thiazole rings is 1. The quantitative estimate of drug-likeness (QED) is 0.281. The van der Waals surface area contributed by atoms with Crippen molar-refractivity contribution in [3.8, 4) is 22.0 Å². The van der Waals surface area contributed by atoms with Crippen LogP contribution in [0.15, 0.2) is 65.1 Å². The number of benzene rings is 2. The molecule has 1 saturated carbocycles. The standard InChI is InChI=1S/C26H28N4S2/c1-18-9-8-13-21(15-18)24-28-29-26(30(24)23-14-7-6-10-19(23)2)32-17-22-16-31-25(27-22)20-11-4-3-5-12-20/h3-5,8-9,11-13,15-16,19,23H,6-7,10,14,17H2,1-2H3/t19-,23+/m1/s1. The van der Waals surface area contributed by atoms with Crippen molar-refractivity contribution in [2.24, 2.45) is 5.92 Å². The summed E-state index contributed by atoms with van der Waals surface area (Å²) in [5, 5.41) is 13.6. The smallest absolute Gasteiger partial charge is 0.192 e. The number of aromatic nitrogens is 4. The molecule has 2 aromatic carbocycles. The summed E-state index contributed by atoms with van der Waals surface area (Å²) in [7, 11) is 0. The minimum Gasteiger partial charge on any atom is -0.299 e. The van der Waals surface area contributed by atoms with Crippen LogP contribution in [0.25, 0.3) is 22.0 Å². The SMILES string of the molecule is Cc1cccc(-c2nnc(SCc3csc(-c4ccccc4)n3)n2[C@H]2CCCC[C@H]2C)c1. The van der Waals surface area contributed by atoms with Gasteiger partial charge < -0.3 is 0 Å². The topological polar surface area (TPSA) is 43.6 Å². The number of rotatable bonds is 6. The molecule has 2 heterocycles. The Bertz CT molecular complexity index is 1180. The highest BCUT2D eigenvalue weighted by atomic mass is 32.2. The summed E-state index contributed by atoms with van der Waals surface area (Å²) in [5.74, 6) is 2.43. The van der Waals surface area contributed by atoms with E-state index in [9.17, 15) is 0 Å². The van der Waals surface area contributed by atoms with Gasteiger partial charge in [-0.05, 0) is 31.7 Å². The predicted octanol–water partition coefficient (Wildman–Crippen LogP) is 7.42. The largest absolute Gasteiger partial charge is 0.299 e. The molecule has 1 fully saturated rings. The Labute approximate surface area is 198 Å². The van der Waals surface area contributed by atoms with E-state index in [0.29, 0.717) is 12.0 Å². The average Bonchev–Trinajstić information content (AvgIpc) is 3.46. The zero-order valence-electron chi connectivity index (χ0n) is 18.6. The second kappa shape index (κ2) is 9.59. The molecule has 0 unspecified atom stereocenters. The van der Waals surface area contributed by atoms with E-state index < -0.39 is 0 Å². The van der Waals surface area contributed by atoms with Crippen LogP contribution in [0.1, 0.15) is 49.9 Å². The highest BCUT2D eigenvalue weighted by molar-refractivity contribution is 7.98. The van der Waals surface area contributed by atoms with Crippen LogP contribution >= 0.6 is 23.1 Å². The van der Waals surface area contributed by atoms with Crippen molar-refractivity contribution in [1.82, 2.24) is 19.7 Å². The Morgan fingerprint density at radius 2 is 1.81 bits per heavy atom. The van der Waals surface area contributed by atoms with E-state index in [1.54, 1.807) is 23.1 Å². The number of hydrogen-bond donors (Lipinski definition) is 0. The molecule has 1 aliphatic carbocycles. The molecular formula is C26H28N4S2. The van der Waals surface area contributed by atoms with Gasteiger partial charge in [0.2, 0.25) is 0 Å². The summed E-state index contributed by atoms with van der Waals surface area (Å²) < 4.78 is 2.42. The number of thioether (sulfide) groups is 1. The van der Waals surface area contributed by atoms with Crippen LogP contribution < -0.4 is 0 Å². The van der Waals surface area contributed by atoms with E-state index in [2.05, 4.69) is 82.5 Å². The number of nitrogens with zero attached hydrogens (tertiary/aromatic N) is 4. The van der Waals surface area contributed by atoms with Gasteiger partial charge in [-0.1, -0.05) is 85.6 Å². The van der Waals surface area contributed by atoms with Gasteiger partial charge >= 0.3 is 0 Å². The molecule has 0 radical (unpaired) electrons. The van der Waals surface area contributed by atoms with Crippen LogP contribution in [0.3, 0.4) is 0 Å². The van der Waals surface area contributed by atoms with Gasteiger partial charge in [-0.15, -0.1) is 21.5 Å². The van der Waals surface area contributed by atoms with E-state index in [1.807, 2.05) is 6.07 Å². The summed E-state index contributed by atoms with van der Waals surface area (Å²) in [4.78, 5) is 4.87. The third-order valence-corrected chi connectivity index (χ3v) is 8.18. The first kappa shape index (κ1) is 21.4. The van der Waals surface area contributed by atoms with Gasteiger partial charge in [-0.3, -0.25) is 4.57 Å². The Morgan fingerprint density at radius 3 is 2.62 bits per heavy atom. The Balaban J connectivity index is 1.43. The minimum atomic E-state index is 0.451. The lowest BCUT2D eigenvalue weighted by molar-refractivity contribution is 0.247. The van der Waals surface area contributed by atoms with Crippen LogP contribution in [-0.2, 0) is 5.75 Å². The molecule has 0 bridgehead atoms. The van der Waals surface area contributed by atoms with E-state index in [0.717, 1.165) is 33.0 Å². The molecule has 6 heteroatoms. The molecule has 0 aliphatic heterocycles. The summed E-state index contributed by atoms with van der Waals surface area (Å²) in [6, 6.07) is 19.5. The lowest BCUT2D eigenvalue weighted by Crippen LogP contribution is -2.22. The zero-order valence-corrected chi connectivity index (χ0v) is 20.2. The zero-order chi connectivity index (χ0) is 21.9. The van der Waals surface area contributed by atoms with Crippen molar-refractivity contribution in [3.05, 3.63) is 71.2 Å². The molecule has 0 amide bonds. The lowest BCUT2D eigenvalue weighted by Gasteiger charge is -2.31. The highest BCUT2D eigenvalue weighted by Crippen LogP contribution is 2.39. The van der Waals surface area contributed by atoms with Crippen molar-refractivity contribution >= 4 is 23.1 Å². The second-order valence-corrected chi connectivity index (χ2v) is 10.5. The van der Waals surface area contributed by atoms with Crippen LogP contribution in [0, 0.1) is 12.8 Å². The first-order chi connectivity index (χ1) is 15.7. The molecular weight excluding hydrogens is 432 g/mol. The molecule has 0 spiro atoms. The summed E-state index contributed by atoms with van der Waals surface area (Å²) >= 11 is 3.46. The van der Waals surface area contributed by atoms with E-state index in [1.165, 1.54) is 36.8 Å². The summed E-state index contributed by atoms with van der Waals surface area (Å²) in [6.07, 6.45) is 5.06. The van der Waals surface area contributed by atoms with Gasteiger partial charge in [0.1, 0.15) is 5.01 Å². The Hall–Kier alpha value is -2.44. The van der Waals surface area contributed by atoms with Gasteiger partial charge in [0.05, 0.1) is 5.69 Å². The van der Waals surface area contributed by atoms with Crippen molar-refractivity contribution in [2.45, 2.75) is 56.5 Å². The average molecular weight is 461 g/mol. The second-order valence-electron chi connectivity index (χ2n) is 8.67. The van der Waals surface area contributed by atoms with E-state index in [-0.39, 0.29) is 0 Å². The van der Waals surface area contributed by atoms with Gasteiger partial charge in [0, 0.05) is 28.3 Å². The van der Waals surface area contributed by atoms with Gasteiger partial charge in [0.25, 0.3) is 0 Å². The molecule has 0 N–H and O–H groups in total. The monoisotopic (exact) mass is 460 g/mol. The fraction of sp³-hybridized carbons (Fsp3) is 0.346. The van der Waals surface area contributed by atoms with E-state index in [4.69, 9.17) is 4.98 Å². The number of hydrogen-bond acceptors (Lipinski definition) is 5. The first-order valence-electron chi connectivity index (χ1n) is 11.3. The van der Waals surface area contributed by atoms with E-state index >= 15 is 0 Å². The molecule has 0 saturated heterocycles. The number of aryl methyl sites for hydroxylation is 1. The van der Waals surface area contributed by atoms with Crippen LogP contribution in [0.4, 0.5) is 0 Å². The normalized spacial score (nSPS) is 18.7. The van der Waals surface area contributed by atoms with Gasteiger partial charge in [0.15, 0.2) is 11.0 Å². The molecule has 2 atom stereocenters. The van der Waals surface area contributed by atoms with Crippen molar-refractivity contribution in [3.63, 3.8) is 0 Å². The van der Waals surface area contributed by atoms with Crippen LogP contribution in [-0.4, -0.2) is 19.7 Å². The molecule has 32 heavy (non-hydrogen) atoms. The Morgan fingerprint density at radius 1 is 1.00 bits per heavy atom. The van der Waals surface area contributed by atoms with Crippen molar-refractivity contribution in [1.29, 1.82) is 0 Å². The molecule has 2 aromatic heterocycles. The molecule has 164 valence electrons. The minimum absolute atomic E-state index is 0.451. The maximum Gasteiger partial charge on any atom is 0.192 e. The summed E-state index contributed by atoms with van der Waals surface area (Å²) in [5.41, 5.74) is 4.68. The fourth-order valence-corrected chi connectivity index (χ4v) is 6.38. The molecule has 4 aromatic rings. The third kappa shape index (κ3) is 4.52. The van der Waals surface area contributed by atoms with Crippen LogP contribution in [0.2, 0.25) is 0 Å². The maximum atomic E-state index is 4.87. The van der Waals surface area contributed by atoms with Crippen LogP contribution in [0.5, 0.6) is 0 Å². The van der Waals surface area contributed by atoms with Gasteiger partial charge in [-0.2, -0.15) is 0 Å². The molecule has 5 rings (SSSR count). The van der Waals surface area contributed by atoms with Gasteiger partial charge in [-0.25, -0.2) is 4.98 Å². The molecule has 1 aliphatic rings. The third-order valence-electron chi connectivity index (χ3n) is 6.26. The lowest BCUT2D eigenvalue weighted by atomic mass is 9.85. The van der Waals surface area contributed by atoms with Crippen molar-refractivity contribution < 1.29 is 0 Å². The van der Waals surface area contributed by atoms with Crippen molar-refractivity contribution in [2.75, 3.05) is 0 Å². The summed E-state index contributed by atoms with van der Waals surface area (Å²) in [6.45, 7) is 4.51. The first-order valence-corrected chi connectivity index (χ1v) is 13.2. The predicted molar refractivity (Wildman–Crippen MR) is 134 cm³/mol. The Kier molecular flexibility index (Phi) is 6.42. The molecule has 4 nitrogen and oxygen atoms in total. The maximum absolute atomic E-state index is 4.87. The fourth-order valence-electron chi connectivity index (χ4n) is 4.56. The highest BCUT2D eigenvalue weighted by Gasteiger charge is 2.28.